The molecule has 4 heteroatoms. The number of nitrogens with zero attached hydrogens (tertiary/aromatic N) is 1. The highest BCUT2D eigenvalue weighted by atomic mass is 79.9. The normalized spacial score (nSPS) is 11.3. The van der Waals surface area contributed by atoms with Crippen LogP contribution in [-0.2, 0) is 0 Å². The predicted molar refractivity (Wildman–Crippen MR) is 65.7 cm³/mol. The molecule has 0 amide bonds. The summed E-state index contributed by atoms with van der Waals surface area (Å²) in [5.41, 5.74) is 8.71. The number of hydrogen-bond donors (Lipinski definition) is 2. The van der Waals surface area contributed by atoms with Crippen LogP contribution in [0.1, 0.15) is 0 Å². The molecule has 3 N–H and O–H groups in total. The molecular formula is C11H8BrN3. The van der Waals surface area contributed by atoms with Gasteiger partial charge in [-0.1, -0.05) is 0 Å². The maximum Gasteiger partial charge on any atom is 0.0651 e. The van der Waals surface area contributed by atoms with Crippen LogP contribution in [0.25, 0.3) is 21.8 Å². The van der Waals surface area contributed by atoms with Gasteiger partial charge in [-0.2, -0.15) is 0 Å². The lowest BCUT2D eigenvalue weighted by molar-refractivity contribution is 1.35. The molecule has 0 atom stereocenters. The van der Waals surface area contributed by atoms with Crippen LogP contribution in [0, 0.1) is 0 Å². The number of H-pyrrole nitrogens is 1. The molecule has 0 aliphatic carbocycles. The molecule has 0 spiro atoms. The number of nitrogens with two attached hydrogens (primary N) is 1. The van der Waals surface area contributed by atoms with Crippen molar-refractivity contribution in [2.45, 2.75) is 0 Å². The standard InChI is InChI=1S/C11H8BrN3/c12-11-7(13)1-2-8-10(11)6-3-4-14-5-9(6)15-8/h1-5,15H,13H2. The smallest absolute Gasteiger partial charge is 0.0651 e. The molecule has 0 saturated carbocycles. The lowest BCUT2D eigenvalue weighted by Crippen LogP contribution is -1.85. The maximum absolute atomic E-state index is 5.86. The summed E-state index contributed by atoms with van der Waals surface area (Å²) < 4.78 is 0.942. The number of nitrogens with one attached hydrogen (secondary N) is 1. The summed E-state index contributed by atoms with van der Waals surface area (Å²) in [5, 5.41) is 2.26. The van der Waals surface area contributed by atoms with Crippen molar-refractivity contribution >= 4 is 43.4 Å². The number of hydrogen-bond acceptors (Lipinski definition) is 2. The second-order valence-electron chi connectivity index (χ2n) is 3.44. The highest BCUT2D eigenvalue weighted by Crippen LogP contribution is 2.34. The van der Waals surface area contributed by atoms with Crippen LogP contribution in [0.2, 0.25) is 0 Å². The fourth-order valence-electron chi connectivity index (χ4n) is 1.82. The zero-order valence-corrected chi connectivity index (χ0v) is 9.38. The molecule has 2 heterocycles. The van der Waals surface area contributed by atoms with Gasteiger partial charge in [-0.05, 0) is 34.1 Å². The number of aromatic amines is 1. The van der Waals surface area contributed by atoms with Crippen molar-refractivity contribution in [2.24, 2.45) is 0 Å². The summed E-state index contributed by atoms with van der Waals surface area (Å²) in [6.45, 7) is 0. The Balaban J connectivity index is 2.63. The Morgan fingerprint density at radius 3 is 2.93 bits per heavy atom. The second kappa shape index (κ2) is 2.97. The summed E-state index contributed by atoms with van der Waals surface area (Å²) in [4.78, 5) is 7.38. The molecular weight excluding hydrogens is 254 g/mol. The fourth-order valence-corrected chi connectivity index (χ4v) is 2.38. The highest BCUT2D eigenvalue weighted by molar-refractivity contribution is 9.10. The largest absolute Gasteiger partial charge is 0.398 e. The number of fused-ring (bicyclic) bond motifs is 3. The van der Waals surface area contributed by atoms with Gasteiger partial charge in [0, 0.05) is 28.2 Å². The van der Waals surface area contributed by atoms with Gasteiger partial charge in [0.05, 0.1) is 16.2 Å². The molecule has 0 radical (unpaired) electrons. The van der Waals surface area contributed by atoms with E-state index in [1.807, 2.05) is 24.4 Å². The van der Waals surface area contributed by atoms with Crippen LogP contribution in [0.5, 0.6) is 0 Å². The Kier molecular flexibility index (Phi) is 1.73. The highest BCUT2D eigenvalue weighted by Gasteiger charge is 2.08. The van der Waals surface area contributed by atoms with Gasteiger partial charge < -0.3 is 10.7 Å². The van der Waals surface area contributed by atoms with E-state index < -0.39 is 0 Å². The number of halogens is 1. The van der Waals surface area contributed by atoms with Gasteiger partial charge >= 0.3 is 0 Å². The van der Waals surface area contributed by atoms with Crippen molar-refractivity contribution in [3.63, 3.8) is 0 Å². The van der Waals surface area contributed by atoms with Crippen molar-refractivity contribution < 1.29 is 0 Å². The molecule has 0 aliphatic heterocycles. The number of nitrogen functional groups attached to an aromatic ring is 1. The Morgan fingerprint density at radius 2 is 2.07 bits per heavy atom. The fraction of sp³-hybridized carbons (Fsp3) is 0. The lowest BCUT2D eigenvalue weighted by atomic mass is 10.2. The van der Waals surface area contributed by atoms with Crippen molar-refractivity contribution in [3.8, 4) is 0 Å². The quantitative estimate of drug-likeness (QED) is 0.612. The second-order valence-corrected chi connectivity index (χ2v) is 4.23. The lowest BCUT2D eigenvalue weighted by Gasteiger charge is -1.99. The molecule has 0 fully saturated rings. The third-order valence-electron chi connectivity index (χ3n) is 2.53. The van der Waals surface area contributed by atoms with Crippen molar-refractivity contribution in [3.05, 3.63) is 35.1 Å². The number of pyridine rings is 1. The average Bonchev–Trinajstić information content (AvgIpc) is 2.62. The van der Waals surface area contributed by atoms with Gasteiger partial charge in [0.25, 0.3) is 0 Å². The van der Waals surface area contributed by atoms with Crippen molar-refractivity contribution in [2.75, 3.05) is 5.73 Å². The first kappa shape index (κ1) is 8.73. The van der Waals surface area contributed by atoms with Gasteiger partial charge in [-0.15, -0.1) is 0 Å². The number of aromatic nitrogens is 2. The van der Waals surface area contributed by atoms with Crippen molar-refractivity contribution in [1.82, 2.24) is 9.97 Å². The molecule has 2 aromatic heterocycles. The molecule has 74 valence electrons. The van der Waals surface area contributed by atoms with Crippen molar-refractivity contribution in [1.29, 1.82) is 0 Å². The summed E-state index contributed by atoms with van der Waals surface area (Å²) in [5.74, 6) is 0. The van der Waals surface area contributed by atoms with Crippen LogP contribution in [0.15, 0.2) is 35.1 Å². The van der Waals surface area contributed by atoms with Crippen LogP contribution in [0.4, 0.5) is 5.69 Å². The van der Waals surface area contributed by atoms with Gasteiger partial charge in [0.15, 0.2) is 0 Å². The van der Waals surface area contributed by atoms with Gasteiger partial charge in [0.1, 0.15) is 0 Å². The summed E-state index contributed by atoms with van der Waals surface area (Å²) in [7, 11) is 0. The number of benzene rings is 1. The van der Waals surface area contributed by atoms with E-state index >= 15 is 0 Å². The molecule has 15 heavy (non-hydrogen) atoms. The monoisotopic (exact) mass is 261 g/mol. The molecule has 0 aliphatic rings. The first-order chi connectivity index (χ1) is 7.27. The number of anilines is 1. The molecule has 0 bridgehead atoms. The van der Waals surface area contributed by atoms with E-state index in [9.17, 15) is 0 Å². The van der Waals surface area contributed by atoms with E-state index in [1.54, 1.807) is 6.20 Å². The van der Waals surface area contributed by atoms with E-state index in [0.717, 1.165) is 32.0 Å². The topological polar surface area (TPSA) is 54.7 Å². The number of rotatable bonds is 0. The molecule has 3 aromatic rings. The Hall–Kier alpha value is -1.55. The minimum absolute atomic E-state index is 0.750. The molecule has 0 unspecified atom stereocenters. The third kappa shape index (κ3) is 1.15. The summed E-state index contributed by atoms with van der Waals surface area (Å²) in [6.07, 6.45) is 3.60. The van der Waals surface area contributed by atoms with Crippen LogP contribution >= 0.6 is 15.9 Å². The molecule has 3 rings (SSSR count). The summed E-state index contributed by atoms with van der Waals surface area (Å²) in [6, 6.07) is 5.85. The predicted octanol–water partition coefficient (Wildman–Crippen LogP) is 3.06. The summed E-state index contributed by atoms with van der Waals surface area (Å²) >= 11 is 3.52. The van der Waals surface area contributed by atoms with Gasteiger partial charge in [0.2, 0.25) is 0 Å². The van der Waals surface area contributed by atoms with Crippen LogP contribution < -0.4 is 5.73 Å². The first-order valence-electron chi connectivity index (χ1n) is 4.57. The van der Waals surface area contributed by atoms with Gasteiger partial charge in [-0.25, -0.2) is 0 Å². The SMILES string of the molecule is Nc1ccc2[nH]c3cnccc3c2c1Br. The average molecular weight is 262 g/mol. The minimum Gasteiger partial charge on any atom is -0.398 e. The zero-order chi connectivity index (χ0) is 10.4. The third-order valence-corrected chi connectivity index (χ3v) is 3.39. The van der Waals surface area contributed by atoms with E-state index in [-0.39, 0.29) is 0 Å². The Morgan fingerprint density at radius 1 is 1.20 bits per heavy atom. The van der Waals surface area contributed by atoms with E-state index in [4.69, 9.17) is 5.73 Å². The van der Waals surface area contributed by atoms with Crippen LogP contribution in [-0.4, -0.2) is 9.97 Å². The van der Waals surface area contributed by atoms with E-state index in [0.29, 0.717) is 0 Å². The van der Waals surface area contributed by atoms with Crippen LogP contribution in [0.3, 0.4) is 0 Å². The minimum atomic E-state index is 0.750. The maximum atomic E-state index is 5.86. The Labute approximate surface area is 94.4 Å². The van der Waals surface area contributed by atoms with E-state index in [1.165, 1.54) is 0 Å². The Bertz CT molecular complexity index is 657. The van der Waals surface area contributed by atoms with Gasteiger partial charge in [-0.3, -0.25) is 4.98 Å². The zero-order valence-electron chi connectivity index (χ0n) is 7.79. The molecule has 3 nitrogen and oxygen atoms in total. The molecule has 0 saturated heterocycles. The molecule has 1 aromatic carbocycles. The van der Waals surface area contributed by atoms with E-state index in [2.05, 4.69) is 25.9 Å². The first-order valence-corrected chi connectivity index (χ1v) is 5.36.